The van der Waals surface area contributed by atoms with Crippen molar-refractivity contribution in [3.05, 3.63) is 160 Å². The van der Waals surface area contributed by atoms with Crippen molar-refractivity contribution in [2.24, 2.45) is 0 Å². The number of rotatable bonds is 2. The number of nitrogens with zero attached hydrogens (tertiary/aromatic N) is 3. The molecule has 0 unspecified atom stereocenters. The van der Waals surface area contributed by atoms with E-state index in [0.717, 1.165) is 39.8 Å². The highest BCUT2D eigenvalue weighted by Gasteiger charge is 2.45. The van der Waals surface area contributed by atoms with Crippen LogP contribution < -0.4 is 15.1 Å². The van der Waals surface area contributed by atoms with Gasteiger partial charge in [0.05, 0.1) is 51.0 Å². The zero-order valence-electron chi connectivity index (χ0n) is 26.4. The summed E-state index contributed by atoms with van der Waals surface area (Å²) in [4.78, 5) is 24.4. The predicted molar refractivity (Wildman–Crippen MR) is 186 cm³/mol. The summed E-state index contributed by atoms with van der Waals surface area (Å²) < 4.78 is 0. The van der Waals surface area contributed by atoms with E-state index in [1.165, 1.54) is 22.3 Å². The van der Waals surface area contributed by atoms with Crippen molar-refractivity contribution in [3.63, 3.8) is 0 Å². The summed E-state index contributed by atoms with van der Waals surface area (Å²) in [6.45, 7) is 9.72. The standard InChI is InChI=1S/C41H34N4O/c1-40(2)25-13-5-9-17-29(25)44(30-18-10-6-14-26(30)40)33-21-23-42-37-35(33)39(46)36-34(22-24-43-38(36)37)45-31-19-11-7-15-27(31)41(3,4)28-16-8-12-20-32(28)45/h5-23,43H,24H2,1-4H3. The highest BCUT2D eigenvalue weighted by atomic mass is 16.1. The number of aromatic nitrogens is 1. The first kappa shape index (κ1) is 26.9. The number of benzene rings is 4. The van der Waals surface area contributed by atoms with Gasteiger partial charge in [0.25, 0.3) is 0 Å². The number of carbonyl (C=O) groups is 1. The van der Waals surface area contributed by atoms with Gasteiger partial charge in [0.15, 0.2) is 0 Å². The largest absolute Gasteiger partial charge is 0.379 e. The maximum atomic E-state index is 15.0. The summed E-state index contributed by atoms with van der Waals surface area (Å²) in [5.74, 6) is -0.00820. The summed E-state index contributed by atoms with van der Waals surface area (Å²) in [5, 5.41) is 3.56. The van der Waals surface area contributed by atoms with Gasteiger partial charge in [0, 0.05) is 23.6 Å². The first-order valence-electron chi connectivity index (χ1n) is 16.0. The minimum absolute atomic E-state index is 0.00820. The lowest BCUT2D eigenvalue weighted by molar-refractivity contribution is 0.104. The molecule has 0 saturated carbocycles. The SMILES string of the molecule is CC1(C)c2ccccc2N(C2=CCNC3=C2C(=O)c2c(N4c5ccccc5C(C)(C)c5ccccc54)ccnc23)c2ccccc21. The van der Waals surface area contributed by atoms with Crippen LogP contribution in [-0.2, 0) is 10.8 Å². The number of pyridine rings is 1. The molecule has 4 heterocycles. The van der Waals surface area contributed by atoms with Gasteiger partial charge in [-0.1, -0.05) is 100 Å². The second kappa shape index (κ2) is 9.30. The van der Waals surface area contributed by atoms with Crippen molar-refractivity contribution < 1.29 is 4.79 Å². The molecule has 3 aliphatic heterocycles. The number of carbonyl (C=O) groups excluding carboxylic acids is 1. The van der Waals surface area contributed by atoms with Gasteiger partial charge in [-0.15, -0.1) is 0 Å². The first-order valence-corrected chi connectivity index (χ1v) is 16.0. The molecule has 0 amide bonds. The summed E-state index contributed by atoms with van der Waals surface area (Å²) >= 11 is 0. The Morgan fingerprint density at radius 3 is 1.57 bits per heavy atom. The molecule has 224 valence electrons. The van der Waals surface area contributed by atoms with Crippen LogP contribution in [0.2, 0.25) is 0 Å². The van der Waals surface area contributed by atoms with E-state index in [4.69, 9.17) is 4.98 Å². The third-order valence-electron chi connectivity index (χ3n) is 10.5. The molecule has 1 aromatic heterocycles. The highest BCUT2D eigenvalue weighted by Crippen LogP contribution is 2.55. The molecule has 0 bridgehead atoms. The quantitative estimate of drug-likeness (QED) is 0.220. The van der Waals surface area contributed by atoms with Crippen LogP contribution in [0, 0.1) is 0 Å². The van der Waals surface area contributed by atoms with E-state index in [2.05, 4.69) is 146 Å². The fourth-order valence-corrected chi connectivity index (χ4v) is 8.24. The van der Waals surface area contributed by atoms with Gasteiger partial charge in [-0.25, -0.2) is 0 Å². The van der Waals surface area contributed by atoms with Gasteiger partial charge in [0.2, 0.25) is 5.78 Å². The Kier molecular flexibility index (Phi) is 5.45. The summed E-state index contributed by atoms with van der Waals surface area (Å²) in [6, 6.07) is 36.3. The lowest BCUT2D eigenvalue weighted by atomic mass is 9.73. The zero-order valence-corrected chi connectivity index (χ0v) is 26.4. The number of dihydropyridines is 1. The molecule has 0 fully saturated rings. The van der Waals surface area contributed by atoms with Crippen molar-refractivity contribution >= 4 is 39.9 Å². The Bertz CT molecular complexity index is 2110. The molecule has 0 atom stereocenters. The van der Waals surface area contributed by atoms with Gasteiger partial charge < -0.3 is 15.1 Å². The lowest BCUT2D eigenvalue weighted by Crippen LogP contribution is -2.35. The predicted octanol–water partition coefficient (Wildman–Crippen LogP) is 9.06. The molecule has 0 saturated heterocycles. The number of allylic oxidation sites excluding steroid dienone is 1. The van der Waals surface area contributed by atoms with Crippen LogP contribution in [0.3, 0.4) is 0 Å². The highest BCUT2D eigenvalue weighted by molar-refractivity contribution is 6.26. The Labute approximate surface area is 269 Å². The molecule has 46 heavy (non-hydrogen) atoms. The molecular formula is C41H34N4O. The fraction of sp³-hybridized carbons (Fsp3) is 0.171. The summed E-state index contributed by atoms with van der Waals surface area (Å²) in [7, 11) is 0. The van der Waals surface area contributed by atoms with Crippen LogP contribution in [0.5, 0.6) is 0 Å². The number of ketones is 1. The van der Waals surface area contributed by atoms with Gasteiger partial charge in [-0.3, -0.25) is 9.78 Å². The van der Waals surface area contributed by atoms with Crippen molar-refractivity contribution in [2.45, 2.75) is 38.5 Å². The third-order valence-corrected chi connectivity index (χ3v) is 10.5. The summed E-state index contributed by atoms with van der Waals surface area (Å²) in [5.41, 5.74) is 13.5. The van der Waals surface area contributed by atoms with Crippen LogP contribution >= 0.6 is 0 Å². The normalized spacial score (nSPS) is 18.0. The second-order valence-corrected chi connectivity index (χ2v) is 13.6. The molecule has 5 nitrogen and oxygen atoms in total. The maximum absolute atomic E-state index is 15.0. The molecule has 4 aliphatic rings. The number of hydrogen-bond acceptors (Lipinski definition) is 5. The van der Waals surface area contributed by atoms with Gasteiger partial charge in [-0.05, 0) is 58.7 Å². The number of hydrogen-bond donors (Lipinski definition) is 1. The fourth-order valence-electron chi connectivity index (χ4n) is 8.24. The molecule has 9 rings (SSSR count). The second-order valence-electron chi connectivity index (χ2n) is 13.6. The Hall–Kier alpha value is -5.42. The Morgan fingerprint density at radius 2 is 1.07 bits per heavy atom. The Morgan fingerprint density at radius 1 is 0.609 bits per heavy atom. The Balaban J connectivity index is 1.23. The van der Waals surface area contributed by atoms with Crippen LogP contribution in [0.1, 0.15) is 66.0 Å². The molecule has 1 aliphatic carbocycles. The maximum Gasteiger partial charge on any atom is 0.201 e. The van der Waals surface area contributed by atoms with Gasteiger partial charge in [-0.2, -0.15) is 0 Å². The number of nitrogens with one attached hydrogen (secondary N) is 1. The van der Waals surface area contributed by atoms with E-state index >= 15 is 4.79 Å². The van der Waals surface area contributed by atoms with E-state index in [0.29, 0.717) is 23.4 Å². The van der Waals surface area contributed by atoms with Gasteiger partial charge in [0.1, 0.15) is 5.69 Å². The van der Waals surface area contributed by atoms with Crippen LogP contribution in [0.15, 0.2) is 127 Å². The minimum Gasteiger partial charge on any atom is -0.379 e. The topological polar surface area (TPSA) is 48.5 Å². The van der Waals surface area contributed by atoms with E-state index < -0.39 is 0 Å². The van der Waals surface area contributed by atoms with Crippen LogP contribution in [0.25, 0.3) is 5.70 Å². The van der Waals surface area contributed by atoms with E-state index in [9.17, 15) is 0 Å². The first-order chi connectivity index (χ1) is 22.3. The van der Waals surface area contributed by atoms with Crippen molar-refractivity contribution in [2.75, 3.05) is 16.3 Å². The minimum atomic E-state index is -0.193. The van der Waals surface area contributed by atoms with E-state index in [-0.39, 0.29) is 16.6 Å². The molecule has 0 radical (unpaired) electrons. The third kappa shape index (κ3) is 3.40. The lowest BCUT2D eigenvalue weighted by Gasteiger charge is -2.43. The molecule has 0 spiro atoms. The van der Waals surface area contributed by atoms with Crippen molar-refractivity contribution in [3.8, 4) is 0 Å². The zero-order chi connectivity index (χ0) is 31.4. The molecule has 5 heteroatoms. The number of anilines is 5. The summed E-state index contributed by atoms with van der Waals surface area (Å²) in [6.07, 6.45) is 4.00. The van der Waals surface area contributed by atoms with E-state index in [1.807, 2.05) is 12.3 Å². The van der Waals surface area contributed by atoms with E-state index in [1.54, 1.807) is 0 Å². The monoisotopic (exact) mass is 598 g/mol. The van der Waals surface area contributed by atoms with Crippen molar-refractivity contribution in [1.29, 1.82) is 0 Å². The van der Waals surface area contributed by atoms with Crippen LogP contribution in [0.4, 0.5) is 28.4 Å². The molecule has 1 N–H and O–H groups in total. The average Bonchev–Trinajstić information content (AvgIpc) is 3.38. The molecule has 5 aromatic rings. The molecular weight excluding hydrogens is 564 g/mol. The number of para-hydroxylation sites is 4. The smallest absolute Gasteiger partial charge is 0.201 e. The van der Waals surface area contributed by atoms with Crippen LogP contribution in [-0.4, -0.2) is 17.3 Å². The number of Topliss-reactive ketones (excluding diaryl/α,β-unsaturated/α-hetero) is 1. The molecule has 4 aromatic carbocycles. The number of fused-ring (bicyclic) bond motifs is 6. The van der Waals surface area contributed by atoms with Crippen molar-refractivity contribution in [1.82, 2.24) is 10.3 Å². The average molecular weight is 599 g/mol. The van der Waals surface area contributed by atoms with Gasteiger partial charge >= 0.3 is 0 Å².